The Labute approximate surface area is 147 Å². The minimum absolute atomic E-state index is 0.180. The lowest BCUT2D eigenvalue weighted by Crippen LogP contribution is -2.37. The van der Waals surface area contributed by atoms with Crippen LogP contribution in [0.1, 0.15) is 17.3 Å². The first-order valence-corrected chi connectivity index (χ1v) is 7.69. The first-order chi connectivity index (χ1) is 12.3. The fourth-order valence-electron chi connectivity index (χ4n) is 2.76. The van der Waals surface area contributed by atoms with Crippen molar-refractivity contribution in [3.05, 3.63) is 59.8 Å². The molecule has 9 heteroatoms. The molecule has 2 aromatic rings. The molecule has 1 unspecified atom stereocenters. The van der Waals surface area contributed by atoms with Gasteiger partial charge in [-0.05, 0) is 17.7 Å². The van der Waals surface area contributed by atoms with E-state index >= 15 is 0 Å². The molecule has 1 N–H and O–H groups in total. The average Bonchev–Trinajstić information content (AvgIpc) is 2.90. The third kappa shape index (κ3) is 3.46. The van der Waals surface area contributed by atoms with Crippen LogP contribution in [0.5, 0.6) is 0 Å². The predicted octanol–water partition coefficient (Wildman–Crippen LogP) is 3.11. The maximum Gasteiger partial charge on any atom is 0.416 e. The number of carbonyl (C=O) groups is 2. The number of nitrogens with one attached hydrogen (secondary N) is 1. The van der Waals surface area contributed by atoms with Gasteiger partial charge in [-0.2, -0.15) is 13.2 Å². The monoisotopic (exact) mass is 364 g/mol. The summed E-state index contributed by atoms with van der Waals surface area (Å²) < 4.78 is 38.4. The molecule has 26 heavy (non-hydrogen) atoms. The number of nitrogens with zero attached hydrogens (tertiary/aromatic N) is 3. The van der Waals surface area contributed by atoms with Crippen LogP contribution in [-0.2, 0) is 11.0 Å². The first kappa shape index (κ1) is 17.7. The van der Waals surface area contributed by atoms with Crippen molar-refractivity contribution in [3.8, 4) is 0 Å². The van der Waals surface area contributed by atoms with Crippen LogP contribution >= 0.6 is 0 Å². The van der Waals surface area contributed by atoms with Gasteiger partial charge in [0.15, 0.2) is 0 Å². The molecule has 0 aliphatic carbocycles. The number of hydrogen-bond acceptors (Lipinski definition) is 3. The number of aromatic nitrogens is 1. The van der Waals surface area contributed by atoms with E-state index in [-0.39, 0.29) is 18.3 Å². The Morgan fingerprint density at radius 1 is 1.23 bits per heavy atom. The second kappa shape index (κ2) is 6.66. The molecule has 1 aromatic heterocycles. The minimum atomic E-state index is -4.54. The van der Waals surface area contributed by atoms with Crippen molar-refractivity contribution in [2.45, 2.75) is 12.3 Å². The quantitative estimate of drug-likeness (QED) is 0.891. The van der Waals surface area contributed by atoms with Crippen molar-refractivity contribution < 1.29 is 22.8 Å². The van der Waals surface area contributed by atoms with Gasteiger partial charge < -0.3 is 4.90 Å². The van der Waals surface area contributed by atoms with Gasteiger partial charge >= 0.3 is 12.2 Å². The molecule has 136 valence electrons. The molecule has 0 bridgehead atoms. The van der Waals surface area contributed by atoms with E-state index in [9.17, 15) is 22.8 Å². The molecule has 1 aromatic carbocycles. The highest BCUT2D eigenvalue weighted by Gasteiger charge is 2.39. The number of rotatable bonds is 2. The Morgan fingerprint density at radius 3 is 2.58 bits per heavy atom. The number of likely N-dealkylation sites (N-methyl/N-ethyl adjacent to an activating group) is 1. The van der Waals surface area contributed by atoms with Gasteiger partial charge in [0.05, 0.1) is 5.56 Å². The van der Waals surface area contributed by atoms with Crippen LogP contribution in [0, 0.1) is 0 Å². The zero-order valence-corrected chi connectivity index (χ0v) is 13.7. The number of alkyl halides is 3. The first-order valence-electron chi connectivity index (χ1n) is 7.69. The summed E-state index contributed by atoms with van der Waals surface area (Å²) in [5.74, 6) is -0.510. The summed E-state index contributed by atoms with van der Waals surface area (Å²) in [5, 5.41) is 2.33. The Balaban J connectivity index is 1.84. The summed E-state index contributed by atoms with van der Waals surface area (Å²) in [5.41, 5.74) is -0.204. The van der Waals surface area contributed by atoms with Gasteiger partial charge in [0.1, 0.15) is 18.5 Å². The smallest absolute Gasteiger partial charge is 0.319 e. The Morgan fingerprint density at radius 2 is 1.92 bits per heavy atom. The molecule has 1 aliphatic heterocycles. The molecule has 6 nitrogen and oxygen atoms in total. The van der Waals surface area contributed by atoms with Gasteiger partial charge in [-0.25, -0.2) is 9.78 Å². The number of pyridine rings is 1. The van der Waals surface area contributed by atoms with E-state index in [2.05, 4.69) is 10.3 Å². The van der Waals surface area contributed by atoms with E-state index in [1.54, 1.807) is 37.4 Å². The summed E-state index contributed by atoms with van der Waals surface area (Å²) in [6.07, 6.45) is -4.22. The molecule has 0 saturated carbocycles. The Hall–Kier alpha value is -3.10. The van der Waals surface area contributed by atoms with Crippen LogP contribution in [0.3, 0.4) is 0 Å². The number of hydrogen-bond donors (Lipinski definition) is 1. The van der Waals surface area contributed by atoms with Gasteiger partial charge in [0, 0.05) is 13.2 Å². The molecular weight excluding hydrogens is 349 g/mol. The number of benzene rings is 1. The van der Waals surface area contributed by atoms with Gasteiger partial charge in [-0.1, -0.05) is 30.3 Å². The predicted molar refractivity (Wildman–Crippen MR) is 86.9 cm³/mol. The molecule has 1 atom stereocenters. The number of anilines is 1. The average molecular weight is 364 g/mol. The van der Waals surface area contributed by atoms with E-state index < -0.39 is 23.9 Å². The zero-order chi connectivity index (χ0) is 18.9. The second-order valence-electron chi connectivity index (χ2n) is 5.77. The highest BCUT2D eigenvalue weighted by molar-refractivity contribution is 5.94. The molecule has 1 fully saturated rings. The molecule has 3 amide bonds. The van der Waals surface area contributed by atoms with Crippen molar-refractivity contribution >= 4 is 17.8 Å². The lowest BCUT2D eigenvalue weighted by atomic mass is 10.1. The Kier molecular flexibility index (Phi) is 4.54. The molecular formula is C17H15F3N4O2. The van der Waals surface area contributed by atoms with E-state index in [4.69, 9.17) is 0 Å². The van der Waals surface area contributed by atoms with Gasteiger partial charge in [-0.15, -0.1) is 0 Å². The standard InChI is InChI=1S/C17H15F3N4O2/c1-23-14(25)10-24(15(23)11-5-3-2-4-6-11)16(26)22-13-9-12(7-8-21-13)17(18,19)20/h2-9,15H,10H2,1H3,(H,21,22,26). The van der Waals surface area contributed by atoms with Gasteiger partial charge in [0.25, 0.3) is 0 Å². The van der Waals surface area contributed by atoms with Crippen LogP contribution in [0.2, 0.25) is 0 Å². The molecule has 3 rings (SSSR count). The SMILES string of the molecule is CN1C(=O)CN(C(=O)Nc2cc(C(F)(F)F)ccn2)C1c1ccccc1. The lowest BCUT2D eigenvalue weighted by Gasteiger charge is -2.28. The lowest BCUT2D eigenvalue weighted by molar-refractivity contribution is -0.137. The van der Waals surface area contributed by atoms with E-state index in [1.807, 2.05) is 0 Å². The summed E-state index contributed by atoms with van der Waals surface area (Å²) in [6.45, 7) is -0.180. The Bertz CT molecular complexity index is 826. The van der Waals surface area contributed by atoms with E-state index in [0.717, 1.165) is 18.3 Å². The van der Waals surface area contributed by atoms with E-state index in [1.165, 1.54) is 9.80 Å². The minimum Gasteiger partial charge on any atom is -0.319 e. The van der Waals surface area contributed by atoms with Crippen LogP contribution < -0.4 is 5.32 Å². The van der Waals surface area contributed by atoms with Crippen LogP contribution in [0.4, 0.5) is 23.8 Å². The summed E-state index contributed by atoms with van der Waals surface area (Å²) in [4.78, 5) is 31.0. The van der Waals surface area contributed by atoms with Crippen molar-refractivity contribution in [3.63, 3.8) is 0 Å². The van der Waals surface area contributed by atoms with Crippen molar-refractivity contribution in [2.24, 2.45) is 0 Å². The third-order valence-electron chi connectivity index (χ3n) is 4.04. The number of carbonyl (C=O) groups excluding carboxylic acids is 2. The molecule has 1 aliphatic rings. The summed E-state index contributed by atoms with van der Waals surface area (Å²) >= 11 is 0. The van der Waals surface area contributed by atoms with Crippen LogP contribution in [-0.4, -0.2) is 40.3 Å². The molecule has 0 radical (unpaired) electrons. The normalized spacial score (nSPS) is 17.5. The number of halogens is 3. The fourth-order valence-corrected chi connectivity index (χ4v) is 2.76. The van der Waals surface area contributed by atoms with Crippen molar-refractivity contribution in [1.29, 1.82) is 0 Å². The zero-order valence-electron chi connectivity index (χ0n) is 13.7. The fraction of sp³-hybridized carbons (Fsp3) is 0.235. The van der Waals surface area contributed by atoms with Crippen molar-refractivity contribution in [1.82, 2.24) is 14.8 Å². The number of urea groups is 1. The van der Waals surface area contributed by atoms with Crippen LogP contribution in [0.25, 0.3) is 0 Å². The largest absolute Gasteiger partial charge is 0.416 e. The van der Waals surface area contributed by atoms with Gasteiger partial charge in [-0.3, -0.25) is 15.0 Å². The summed E-state index contributed by atoms with van der Waals surface area (Å²) in [6, 6.07) is 9.74. The number of amides is 3. The third-order valence-corrected chi connectivity index (χ3v) is 4.04. The topological polar surface area (TPSA) is 65.5 Å². The maximum absolute atomic E-state index is 12.8. The molecule has 1 saturated heterocycles. The van der Waals surface area contributed by atoms with Gasteiger partial charge in [0.2, 0.25) is 5.91 Å². The van der Waals surface area contributed by atoms with E-state index in [0.29, 0.717) is 5.56 Å². The summed E-state index contributed by atoms with van der Waals surface area (Å²) in [7, 11) is 1.57. The highest BCUT2D eigenvalue weighted by atomic mass is 19.4. The second-order valence-corrected chi connectivity index (χ2v) is 5.77. The highest BCUT2D eigenvalue weighted by Crippen LogP contribution is 2.31. The van der Waals surface area contributed by atoms with Crippen molar-refractivity contribution in [2.75, 3.05) is 18.9 Å². The van der Waals surface area contributed by atoms with Crippen LogP contribution in [0.15, 0.2) is 48.7 Å². The molecule has 2 heterocycles. The molecule has 0 spiro atoms. The maximum atomic E-state index is 12.8.